The van der Waals surface area contributed by atoms with Crippen LogP contribution in [0.5, 0.6) is 0 Å². The van der Waals surface area contributed by atoms with Crippen molar-refractivity contribution in [1.82, 2.24) is 14.8 Å². The third-order valence-electron chi connectivity index (χ3n) is 2.63. The average Bonchev–Trinajstić information content (AvgIpc) is 2.34. The van der Waals surface area contributed by atoms with Gasteiger partial charge in [0.15, 0.2) is 0 Å². The van der Waals surface area contributed by atoms with Crippen LogP contribution in [-0.4, -0.2) is 54.4 Å². The SMILES string of the molecule is CCCN(CCN(C)C)C(=O)c1ccc(=O)[nH]c1. The first-order chi connectivity index (χ1) is 8.54. The highest BCUT2D eigenvalue weighted by molar-refractivity contribution is 5.93. The lowest BCUT2D eigenvalue weighted by atomic mass is 10.2. The molecule has 0 spiro atoms. The second kappa shape index (κ2) is 6.96. The Morgan fingerprint density at radius 1 is 1.22 bits per heavy atom. The first-order valence-electron chi connectivity index (χ1n) is 6.17. The van der Waals surface area contributed by atoms with Crippen LogP contribution in [0.25, 0.3) is 0 Å². The van der Waals surface area contributed by atoms with E-state index in [-0.39, 0.29) is 11.5 Å². The first kappa shape index (κ1) is 14.4. The van der Waals surface area contributed by atoms with Crippen LogP contribution < -0.4 is 5.56 Å². The molecule has 5 nitrogen and oxygen atoms in total. The topological polar surface area (TPSA) is 56.4 Å². The van der Waals surface area contributed by atoms with Gasteiger partial charge in [-0.3, -0.25) is 9.59 Å². The normalized spacial score (nSPS) is 10.7. The molecule has 0 fully saturated rings. The standard InChI is InChI=1S/C13H21N3O2/c1-4-7-16(9-8-15(2)3)13(18)11-5-6-12(17)14-10-11/h5-6,10H,4,7-9H2,1-3H3,(H,14,17). The Balaban J connectivity index is 2.75. The summed E-state index contributed by atoms with van der Waals surface area (Å²) in [6.07, 6.45) is 2.39. The molecule has 0 saturated heterocycles. The Kier molecular flexibility index (Phi) is 5.58. The minimum absolute atomic E-state index is 0.0325. The van der Waals surface area contributed by atoms with Gasteiger partial charge in [-0.2, -0.15) is 0 Å². The van der Waals surface area contributed by atoms with Gasteiger partial charge in [0.05, 0.1) is 5.56 Å². The molecule has 1 N–H and O–H groups in total. The number of likely N-dealkylation sites (N-methyl/N-ethyl adjacent to an activating group) is 1. The number of amides is 1. The fourth-order valence-corrected chi connectivity index (χ4v) is 1.63. The smallest absolute Gasteiger partial charge is 0.255 e. The molecule has 100 valence electrons. The Labute approximate surface area is 107 Å². The number of aromatic amines is 1. The van der Waals surface area contributed by atoms with Gasteiger partial charge in [0, 0.05) is 31.9 Å². The van der Waals surface area contributed by atoms with Crippen molar-refractivity contribution in [2.24, 2.45) is 0 Å². The summed E-state index contributed by atoms with van der Waals surface area (Å²) >= 11 is 0. The lowest BCUT2D eigenvalue weighted by Gasteiger charge is -2.23. The highest BCUT2D eigenvalue weighted by atomic mass is 16.2. The Hall–Kier alpha value is -1.62. The van der Waals surface area contributed by atoms with E-state index >= 15 is 0 Å². The molecular weight excluding hydrogens is 230 g/mol. The lowest BCUT2D eigenvalue weighted by Crippen LogP contribution is -2.37. The molecule has 0 aliphatic rings. The Morgan fingerprint density at radius 3 is 2.44 bits per heavy atom. The van der Waals surface area contributed by atoms with Crippen LogP contribution in [0.2, 0.25) is 0 Å². The fourth-order valence-electron chi connectivity index (χ4n) is 1.63. The number of nitrogens with zero attached hydrogens (tertiary/aromatic N) is 2. The minimum Gasteiger partial charge on any atom is -0.337 e. The highest BCUT2D eigenvalue weighted by Gasteiger charge is 2.14. The van der Waals surface area contributed by atoms with E-state index in [2.05, 4.69) is 4.98 Å². The van der Waals surface area contributed by atoms with Crippen molar-refractivity contribution in [2.45, 2.75) is 13.3 Å². The molecule has 18 heavy (non-hydrogen) atoms. The predicted octanol–water partition coefficient (Wildman–Crippen LogP) is 0.789. The number of H-pyrrole nitrogens is 1. The molecule has 1 rings (SSSR count). The Morgan fingerprint density at radius 2 is 1.94 bits per heavy atom. The zero-order valence-corrected chi connectivity index (χ0v) is 11.3. The van der Waals surface area contributed by atoms with Crippen LogP contribution in [0.1, 0.15) is 23.7 Å². The van der Waals surface area contributed by atoms with Gasteiger partial charge in [0.2, 0.25) is 5.56 Å². The van der Waals surface area contributed by atoms with Crippen LogP contribution in [-0.2, 0) is 0 Å². The van der Waals surface area contributed by atoms with E-state index in [1.165, 1.54) is 12.3 Å². The van der Waals surface area contributed by atoms with Crippen molar-refractivity contribution in [3.63, 3.8) is 0 Å². The van der Waals surface area contributed by atoms with E-state index in [1.54, 1.807) is 6.07 Å². The maximum atomic E-state index is 12.2. The number of aromatic nitrogens is 1. The van der Waals surface area contributed by atoms with Crippen molar-refractivity contribution >= 4 is 5.91 Å². The van der Waals surface area contributed by atoms with Crippen LogP contribution in [0.15, 0.2) is 23.1 Å². The largest absolute Gasteiger partial charge is 0.337 e. The number of rotatable bonds is 6. The van der Waals surface area contributed by atoms with Gasteiger partial charge >= 0.3 is 0 Å². The summed E-state index contributed by atoms with van der Waals surface area (Å²) < 4.78 is 0. The van der Waals surface area contributed by atoms with Crippen LogP contribution in [0.4, 0.5) is 0 Å². The van der Waals surface area contributed by atoms with Crippen LogP contribution >= 0.6 is 0 Å². The van der Waals surface area contributed by atoms with E-state index in [0.717, 1.165) is 19.5 Å². The number of hydrogen-bond donors (Lipinski definition) is 1. The second-order valence-electron chi connectivity index (χ2n) is 4.54. The molecule has 1 aromatic heterocycles. The van der Waals surface area contributed by atoms with Gasteiger partial charge in [-0.1, -0.05) is 6.92 Å². The molecule has 0 aliphatic carbocycles. The van der Waals surface area contributed by atoms with Crippen molar-refractivity contribution in [3.05, 3.63) is 34.2 Å². The van der Waals surface area contributed by atoms with E-state index in [9.17, 15) is 9.59 Å². The molecule has 1 amide bonds. The summed E-state index contributed by atoms with van der Waals surface area (Å²) in [5.41, 5.74) is 0.337. The first-order valence-corrected chi connectivity index (χ1v) is 6.17. The molecule has 5 heteroatoms. The van der Waals surface area contributed by atoms with E-state index in [1.807, 2.05) is 30.8 Å². The second-order valence-corrected chi connectivity index (χ2v) is 4.54. The molecule has 0 bridgehead atoms. The van der Waals surface area contributed by atoms with Crippen LogP contribution in [0, 0.1) is 0 Å². The van der Waals surface area contributed by atoms with E-state index in [0.29, 0.717) is 12.1 Å². The maximum Gasteiger partial charge on any atom is 0.255 e. The maximum absolute atomic E-state index is 12.2. The fraction of sp³-hybridized carbons (Fsp3) is 0.538. The van der Waals surface area contributed by atoms with Gasteiger partial charge < -0.3 is 14.8 Å². The van der Waals surface area contributed by atoms with Gasteiger partial charge in [0.25, 0.3) is 5.91 Å². The number of carbonyl (C=O) groups is 1. The molecule has 0 aromatic carbocycles. The van der Waals surface area contributed by atoms with Crippen molar-refractivity contribution in [2.75, 3.05) is 33.7 Å². The zero-order valence-electron chi connectivity index (χ0n) is 11.3. The van der Waals surface area contributed by atoms with Gasteiger partial charge in [0.1, 0.15) is 0 Å². The molecule has 1 aromatic rings. The summed E-state index contributed by atoms with van der Waals surface area (Å²) in [7, 11) is 3.96. The van der Waals surface area contributed by atoms with Gasteiger partial charge in [-0.15, -0.1) is 0 Å². The van der Waals surface area contributed by atoms with Crippen molar-refractivity contribution in [1.29, 1.82) is 0 Å². The molecule has 0 aliphatic heterocycles. The summed E-state index contributed by atoms with van der Waals surface area (Å²) in [5.74, 6) is -0.0325. The Bertz CT molecular complexity index is 420. The summed E-state index contributed by atoms with van der Waals surface area (Å²) in [4.78, 5) is 29.6. The molecular formula is C13H21N3O2. The number of hydrogen-bond acceptors (Lipinski definition) is 3. The number of carbonyl (C=O) groups excluding carboxylic acids is 1. The zero-order chi connectivity index (χ0) is 13.5. The molecule has 0 unspecified atom stereocenters. The molecule has 0 radical (unpaired) electrons. The minimum atomic E-state index is -0.193. The van der Waals surface area contributed by atoms with Gasteiger partial charge in [-0.25, -0.2) is 0 Å². The van der Waals surface area contributed by atoms with Crippen molar-refractivity contribution in [3.8, 4) is 0 Å². The summed E-state index contributed by atoms with van der Waals surface area (Å²) in [6, 6.07) is 2.95. The van der Waals surface area contributed by atoms with E-state index in [4.69, 9.17) is 0 Å². The van der Waals surface area contributed by atoms with E-state index < -0.39 is 0 Å². The van der Waals surface area contributed by atoms with Crippen LogP contribution in [0.3, 0.4) is 0 Å². The highest BCUT2D eigenvalue weighted by Crippen LogP contribution is 2.03. The molecule has 0 saturated carbocycles. The third kappa shape index (κ3) is 4.33. The van der Waals surface area contributed by atoms with Gasteiger partial charge in [-0.05, 0) is 26.6 Å². The summed E-state index contributed by atoms with van der Waals surface area (Å²) in [6.45, 7) is 4.29. The van der Waals surface area contributed by atoms with Crippen molar-refractivity contribution < 1.29 is 4.79 Å². The number of pyridine rings is 1. The third-order valence-corrected chi connectivity index (χ3v) is 2.63. The molecule has 1 heterocycles. The average molecular weight is 251 g/mol. The monoisotopic (exact) mass is 251 g/mol. The quantitative estimate of drug-likeness (QED) is 0.813. The number of nitrogens with one attached hydrogen (secondary N) is 1. The summed E-state index contributed by atoms with van der Waals surface area (Å²) in [5, 5.41) is 0. The lowest BCUT2D eigenvalue weighted by molar-refractivity contribution is 0.0744. The predicted molar refractivity (Wildman–Crippen MR) is 71.8 cm³/mol. The molecule has 0 atom stereocenters.